The molecular weight excluding hydrogens is 588 g/mol. The largest absolute Gasteiger partial charge is 0.417 e. The van der Waals surface area contributed by atoms with Crippen molar-refractivity contribution in [2.75, 3.05) is 18.9 Å². The molecule has 15 heteroatoms. The van der Waals surface area contributed by atoms with Crippen molar-refractivity contribution in [3.63, 3.8) is 0 Å². The molecule has 1 aliphatic rings. The predicted molar refractivity (Wildman–Crippen MR) is 146 cm³/mol. The number of anilines is 1. The Bertz CT molecular complexity index is 1290. The summed E-state index contributed by atoms with van der Waals surface area (Å²) in [7, 11) is 1.40. The average Bonchev–Trinajstić information content (AvgIpc) is 3.34. The van der Waals surface area contributed by atoms with Crippen molar-refractivity contribution < 1.29 is 41.0 Å². The second kappa shape index (κ2) is 12.3. The van der Waals surface area contributed by atoms with Gasteiger partial charge in [0.15, 0.2) is 5.01 Å². The minimum absolute atomic E-state index is 0.224. The summed E-state index contributed by atoms with van der Waals surface area (Å²) in [6.07, 6.45) is -7.25. The monoisotopic (exact) mass is 623 g/mol. The van der Waals surface area contributed by atoms with Crippen molar-refractivity contribution in [1.29, 1.82) is 0 Å². The summed E-state index contributed by atoms with van der Waals surface area (Å²) in [5, 5.41) is 12.1. The Morgan fingerprint density at radius 2 is 1.86 bits per heavy atom. The second-order valence-electron chi connectivity index (χ2n) is 11.0. The molecule has 1 saturated heterocycles. The van der Waals surface area contributed by atoms with E-state index in [1.807, 2.05) is 12.2 Å². The van der Waals surface area contributed by atoms with Crippen LogP contribution < -0.4 is 5.32 Å². The van der Waals surface area contributed by atoms with Gasteiger partial charge in [-0.2, -0.15) is 26.3 Å². The first-order chi connectivity index (χ1) is 19.3. The van der Waals surface area contributed by atoms with Crippen LogP contribution in [0.4, 0.5) is 32.2 Å². The number of rotatable bonds is 8. The lowest BCUT2D eigenvalue weighted by atomic mass is 9.99. The summed E-state index contributed by atoms with van der Waals surface area (Å²) in [6, 6.07) is -2.62. The second-order valence-corrected chi connectivity index (χ2v) is 12.0. The van der Waals surface area contributed by atoms with Crippen molar-refractivity contribution in [2.45, 2.75) is 96.4 Å². The number of thiazole rings is 1. The van der Waals surface area contributed by atoms with E-state index in [0.29, 0.717) is 36.8 Å². The van der Waals surface area contributed by atoms with Crippen molar-refractivity contribution in [3.05, 3.63) is 28.5 Å². The third-order valence-electron chi connectivity index (χ3n) is 7.58. The molecule has 1 fully saturated rings. The Kier molecular flexibility index (Phi) is 9.87. The van der Waals surface area contributed by atoms with Gasteiger partial charge in [-0.1, -0.05) is 6.92 Å². The molecule has 3 atom stereocenters. The molecule has 2 amide bonds. The number of nitrogens with zero attached hydrogens (tertiary/aromatic N) is 4. The van der Waals surface area contributed by atoms with Crippen LogP contribution in [0.25, 0.3) is 10.4 Å². The summed E-state index contributed by atoms with van der Waals surface area (Å²) in [6.45, 7) is 7.94. The average molecular weight is 624 g/mol. The molecule has 0 spiro atoms. The van der Waals surface area contributed by atoms with Crippen molar-refractivity contribution in [3.8, 4) is 10.4 Å². The number of carbonyl (C=O) groups excluding carboxylic acids is 2. The van der Waals surface area contributed by atoms with Crippen molar-refractivity contribution in [2.24, 2.45) is 0 Å². The number of likely N-dealkylation sites (tertiary alicyclic amines) is 1. The van der Waals surface area contributed by atoms with E-state index >= 15 is 0 Å². The van der Waals surface area contributed by atoms with E-state index in [0.717, 1.165) is 12.6 Å². The van der Waals surface area contributed by atoms with Gasteiger partial charge in [-0.05, 0) is 59.4 Å². The highest BCUT2D eigenvalue weighted by molar-refractivity contribution is 7.17. The molecule has 1 aliphatic heterocycles. The van der Waals surface area contributed by atoms with Crippen LogP contribution in [-0.4, -0.2) is 80.2 Å². The van der Waals surface area contributed by atoms with Crippen LogP contribution in [0.1, 0.15) is 86.2 Å². The molecule has 3 heterocycles. The summed E-state index contributed by atoms with van der Waals surface area (Å²) in [5.41, 5.74) is -3.62. The molecule has 0 radical (unpaired) electrons. The van der Waals surface area contributed by atoms with E-state index in [9.17, 15) is 41.0 Å². The number of alkyl halides is 6. The summed E-state index contributed by atoms with van der Waals surface area (Å²) in [5.74, 6) is -2.03. The van der Waals surface area contributed by atoms with Crippen molar-refractivity contribution >= 4 is 29.0 Å². The number of pyridine rings is 1. The lowest BCUT2D eigenvalue weighted by Crippen LogP contribution is -2.48. The molecule has 0 saturated carbocycles. The predicted octanol–water partition coefficient (Wildman–Crippen LogP) is 6.22. The molecule has 8 nitrogen and oxygen atoms in total. The minimum atomic E-state index is -5.05. The highest BCUT2D eigenvalue weighted by Crippen LogP contribution is 2.42. The Morgan fingerprint density at radius 1 is 1.21 bits per heavy atom. The van der Waals surface area contributed by atoms with Crippen molar-refractivity contribution in [1.82, 2.24) is 19.8 Å². The Balaban J connectivity index is 2.19. The molecule has 0 aliphatic carbocycles. The van der Waals surface area contributed by atoms with E-state index in [1.54, 1.807) is 6.92 Å². The number of hydrogen-bond acceptors (Lipinski definition) is 7. The van der Waals surface area contributed by atoms with Gasteiger partial charge >= 0.3 is 12.4 Å². The Morgan fingerprint density at radius 3 is 2.38 bits per heavy atom. The summed E-state index contributed by atoms with van der Waals surface area (Å²) in [4.78, 5) is 37.5. The lowest BCUT2D eigenvalue weighted by molar-refractivity contribution is -0.142. The maximum absolute atomic E-state index is 14.4. The normalized spacial score (nSPS) is 18.0. The van der Waals surface area contributed by atoms with Gasteiger partial charge in [0.2, 0.25) is 0 Å². The number of aliphatic hydroxyl groups is 1. The molecule has 1 unspecified atom stereocenters. The molecule has 42 heavy (non-hydrogen) atoms. The molecular formula is C27H35F6N5O3S. The van der Waals surface area contributed by atoms with Crippen LogP contribution in [0.15, 0.2) is 12.3 Å². The molecule has 2 aromatic rings. The number of carbonyl (C=O) groups is 2. The zero-order valence-electron chi connectivity index (χ0n) is 24.2. The minimum Gasteiger partial charge on any atom is -0.388 e. The summed E-state index contributed by atoms with van der Waals surface area (Å²) < 4.78 is 83.0. The van der Waals surface area contributed by atoms with Gasteiger partial charge in [0, 0.05) is 31.4 Å². The molecule has 234 valence electrons. The molecule has 3 rings (SSSR count). The quantitative estimate of drug-likeness (QED) is 0.339. The molecule has 0 aromatic carbocycles. The van der Waals surface area contributed by atoms with Gasteiger partial charge in [0.25, 0.3) is 11.8 Å². The van der Waals surface area contributed by atoms with E-state index in [1.165, 1.54) is 37.6 Å². The highest BCUT2D eigenvalue weighted by Gasteiger charge is 2.41. The number of nitrogens with one attached hydrogen (secondary N) is 1. The third-order valence-corrected chi connectivity index (χ3v) is 8.66. The van der Waals surface area contributed by atoms with Crippen LogP contribution in [0.5, 0.6) is 0 Å². The summed E-state index contributed by atoms with van der Waals surface area (Å²) >= 11 is 0.558. The van der Waals surface area contributed by atoms with Crippen LogP contribution in [0.2, 0.25) is 0 Å². The smallest absolute Gasteiger partial charge is 0.388 e. The third kappa shape index (κ3) is 7.33. The first-order valence-electron chi connectivity index (χ1n) is 13.5. The topological polar surface area (TPSA) is 98.7 Å². The molecule has 2 aromatic heterocycles. The lowest BCUT2D eigenvalue weighted by Gasteiger charge is -2.33. The first kappa shape index (κ1) is 33.6. The van der Waals surface area contributed by atoms with Crippen LogP contribution in [0, 0.1) is 0 Å². The van der Waals surface area contributed by atoms with Crippen LogP contribution in [0.3, 0.4) is 0 Å². The fourth-order valence-electron chi connectivity index (χ4n) is 4.62. The van der Waals surface area contributed by atoms with Gasteiger partial charge < -0.3 is 20.2 Å². The maximum Gasteiger partial charge on any atom is 0.417 e. The standard InChI is InChI=1S/C27H35F6N5O3S/c1-7-18(27(31,32)33)35-19-12-17(26(28,29)30)16(13-34-19)21-20(23(39)38-11-9-8-10-14(38)2)36-22(42-21)24(40)37(6)15(3)25(4,5)41/h12-15,18,41H,7-11H2,1-6H3,(H,34,35)/t14-,15?,18-/m0/s1. The highest BCUT2D eigenvalue weighted by atomic mass is 32.1. The van der Waals surface area contributed by atoms with E-state index in [4.69, 9.17) is 0 Å². The van der Waals surface area contributed by atoms with E-state index < -0.39 is 65.2 Å². The maximum atomic E-state index is 14.4. The zero-order valence-corrected chi connectivity index (χ0v) is 25.0. The number of halogens is 6. The van der Waals surface area contributed by atoms with Gasteiger partial charge in [-0.25, -0.2) is 9.97 Å². The zero-order chi connectivity index (χ0) is 31.8. The van der Waals surface area contributed by atoms with E-state index in [-0.39, 0.29) is 21.6 Å². The van der Waals surface area contributed by atoms with E-state index in [2.05, 4.69) is 9.97 Å². The first-order valence-corrected chi connectivity index (χ1v) is 14.3. The Hall–Kier alpha value is -2.94. The number of likely N-dealkylation sites (N-methyl/N-ethyl adjacent to an activating group) is 1. The van der Waals surface area contributed by atoms with Crippen LogP contribution in [-0.2, 0) is 6.18 Å². The fourth-order valence-corrected chi connectivity index (χ4v) is 5.68. The van der Waals surface area contributed by atoms with Gasteiger partial charge in [0.1, 0.15) is 17.6 Å². The van der Waals surface area contributed by atoms with Crippen LogP contribution >= 0.6 is 11.3 Å². The SMILES string of the molecule is CC[C@H](Nc1cc(C(F)(F)F)c(-c2sc(C(=O)N(C)C(C)C(C)(C)O)nc2C(=O)N2CCCC[C@@H]2C)cn1)C(F)(F)F. The number of hydrogen-bond donors (Lipinski definition) is 2. The number of aromatic nitrogens is 2. The Labute approximate surface area is 244 Å². The van der Waals surface area contributed by atoms with Gasteiger partial charge in [0.05, 0.1) is 22.1 Å². The van der Waals surface area contributed by atoms with Gasteiger partial charge in [-0.15, -0.1) is 11.3 Å². The number of amides is 2. The van der Waals surface area contributed by atoms with Gasteiger partial charge in [-0.3, -0.25) is 9.59 Å². The number of piperidine rings is 1. The molecule has 0 bridgehead atoms. The fraction of sp³-hybridized carbons (Fsp3) is 0.630. The molecule has 2 N–H and O–H groups in total.